The van der Waals surface area contributed by atoms with E-state index in [4.69, 9.17) is 15.6 Å². The Kier molecular flexibility index (Phi) is 6.80. The molecule has 2 heterocycles. The molecule has 13 nitrogen and oxygen atoms in total. The van der Waals surface area contributed by atoms with E-state index in [9.17, 15) is 21.4 Å². The third kappa shape index (κ3) is 4.93. The second-order valence-electron chi connectivity index (χ2n) is 7.41. The van der Waals surface area contributed by atoms with Crippen molar-refractivity contribution in [1.82, 2.24) is 14.8 Å². The van der Waals surface area contributed by atoms with Gasteiger partial charge in [-0.2, -0.15) is 13.5 Å². The standard InChI is InChI=1S/C20H20N6O7S3/c1-11-18(19(21)26(25-11)12-3-5-13(6-4-12)35(28,29)8-7-27)23-24-20-22-14-9-17(36(30,31)32)15(33-2)10-16(14)34-20/h3-6,9-10,27H,7-8,21H2,1-2H3,(H,30,31,32). The molecule has 0 saturated carbocycles. The van der Waals surface area contributed by atoms with E-state index in [0.717, 1.165) is 11.3 Å². The van der Waals surface area contributed by atoms with Crippen LogP contribution in [0.25, 0.3) is 15.9 Å². The predicted molar refractivity (Wildman–Crippen MR) is 132 cm³/mol. The number of nitrogen functional groups attached to an aromatic ring is 1. The van der Waals surface area contributed by atoms with Crippen LogP contribution >= 0.6 is 11.3 Å². The lowest BCUT2D eigenvalue weighted by Gasteiger charge is -2.06. The number of sulfone groups is 1. The molecule has 4 N–H and O–H groups in total. The van der Waals surface area contributed by atoms with E-state index in [1.165, 1.54) is 48.2 Å². The van der Waals surface area contributed by atoms with Gasteiger partial charge in [-0.25, -0.2) is 18.1 Å². The van der Waals surface area contributed by atoms with Gasteiger partial charge in [0, 0.05) is 6.07 Å². The second kappa shape index (κ2) is 9.55. The van der Waals surface area contributed by atoms with Crippen molar-refractivity contribution >= 4 is 58.1 Å². The number of thiazole rings is 1. The van der Waals surface area contributed by atoms with Crippen molar-refractivity contribution < 1.29 is 31.2 Å². The normalized spacial score (nSPS) is 12.6. The molecule has 0 aliphatic carbocycles. The Hall–Kier alpha value is -3.44. The predicted octanol–water partition coefficient (Wildman–Crippen LogP) is 2.81. The van der Waals surface area contributed by atoms with Crippen LogP contribution in [0, 0.1) is 6.92 Å². The lowest BCUT2D eigenvalue weighted by molar-refractivity contribution is 0.319. The van der Waals surface area contributed by atoms with Crippen molar-refractivity contribution in [3.05, 3.63) is 42.1 Å². The Labute approximate surface area is 209 Å². The second-order valence-corrected chi connectivity index (χ2v) is 11.9. The summed E-state index contributed by atoms with van der Waals surface area (Å²) in [5, 5.41) is 21.7. The molecule has 2 aromatic heterocycles. The summed E-state index contributed by atoms with van der Waals surface area (Å²) in [5.74, 6) is -0.261. The average molecular weight is 553 g/mol. The smallest absolute Gasteiger partial charge is 0.298 e. The monoisotopic (exact) mass is 552 g/mol. The number of aryl methyl sites for hydroxylation is 1. The first kappa shape index (κ1) is 25.6. The number of aliphatic hydroxyl groups is 1. The number of rotatable bonds is 8. The van der Waals surface area contributed by atoms with Crippen molar-refractivity contribution in [2.24, 2.45) is 10.2 Å². The van der Waals surface area contributed by atoms with Gasteiger partial charge in [0.05, 0.1) is 46.0 Å². The summed E-state index contributed by atoms with van der Waals surface area (Å²) in [4.78, 5) is 3.88. The number of ether oxygens (including phenoxy) is 1. The Morgan fingerprint density at radius 3 is 2.44 bits per heavy atom. The highest BCUT2D eigenvalue weighted by molar-refractivity contribution is 7.91. The molecule has 0 amide bonds. The molecule has 0 spiro atoms. The van der Waals surface area contributed by atoms with Gasteiger partial charge >= 0.3 is 0 Å². The quantitative estimate of drug-likeness (QED) is 0.216. The zero-order chi connectivity index (χ0) is 26.3. The Bertz CT molecular complexity index is 1690. The van der Waals surface area contributed by atoms with Gasteiger partial charge < -0.3 is 15.6 Å². The van der Waals surface area contributed by atoms with Crippen LogP contribution in [0.2, 0.25) is 0 Å². The third-order valence-electron chi connectivity index (χ3n) is 5.04. The number of anilines is 1. The third-order valence-corrected chi connectivity index (χ3v) is 8.53. The molecule has 16 heteroatoms. The van der Waals surface area contributed by atoms with Crippen LogP contribution in [-0.2, 0) is 20.0 Å². The minimum Gasteiger partial charge on any atom is -0.495 e. The van der Waals surface area contributed by atoms with Crippen molar-refractivity contribution in [2.75, 3.05) is 25.2 Å². The number of methoxy groups -OCH3 is 1. The Morgan fingerprint density at radius 1 is 1.14 bits per heavy atom. The van der Waals surface area contributed by atoms with Crippen molar-refractivity contribution in [1.29, 1.82) is 0 Å². The number of benzene rings is 2. The van der Waals surface area contributed by atoms with Crippen LogP contribution in [0.5, 0.6) is 5.75 Å². The number of aliphatic hydroxyl groups excluding tert-OH is 1. The summed E-state index contributed by atoms with van der Waals surface area (Å²) in [6, 6.07) is 8.46. The van der Waals surface area contributed by atoms with Crippen LogP contribution in [0.1, 0.15) is 5.69 Å². The molecule has 0 aliphatic heterocycles. The first-order chi connectivity index (χ1) is 16.9. The van der Waals surface area contributed by atoms with E-state index in [-0.39, 0.29) is 38.6 Å². The first-order valence-electron chi connectivity index (χ1n) is 10.1. The van der Waals surface area contributed by atoms with Gasteiger partial charge in [0.2, 0.25) is 5.13 Å². The number of aromatic nitrogens is 3. The molecule has 0 radical (unpaired) electrons. The summed E-state index contributed by atoms with van der Waals surface area (Å²) >= 11 is 1.12. The topological polar surface area (TPSA) is 199 Å². The maximum Gasteiger partial charge on any atom is 0.298 e. The molecule has 0 fully saturated rings. The van der Waals surface area contributed by atoms with Crippen molar-refractivity contribution in [3.8, 4) is 11.4 Å². The van der Waals surface area contributed by atoms with Crippen molar-refractivity contribution in [3.63, 3.8) is 0 Å². The summed E-state index contributed by atoms with van der Waals surface area (Å²) in [6.45, 7) is 1.19. The average Bonchev–Trinajstić information content (AvgIpc) is 3.35. The molecule has 190 valence electrons. The van der Waals surface area contributed by atoms with Gasteiger partial charge in [-0.05, 0) is 37.3 Å². The van der Waals surface area contributed by atoms with E-state index in [1.54, 1.807) is 6.92 Å². The first-order valence-corrected chi connectivity index (χ1v) is 14.0. The highest BCUT2D eigenvalue weighted by Crippen LogP contribution is 2.37. The molecule has 0 saturated heterocycles. The molecule has 0 atom stereocenters. The van der Waals surface area contributed by atoms with E-state index >= 15 is 0 Å². The minimum atomic E-state index is -4.52. The van der Waals surface area contributed by atoms with Gasteiger partial charge in [0.25, 0.3) is 10.1 Å². The molecule has 4 rings (SSSR count). The molecule has 0 bridgehead atoms. The molecule has 2 aromatic carbocycles. The largest absolute Gasteiger partial charge is 0.495 e. The van der Waals surface area contributed by atoms with Crippen LogP contribution < -0.4 is 10.5 Å². The van der Waals surface area contributed by atoms with E-state index in [1.807, 2.05) is 0 Å². The lowest BCUT2D eigenvalue weighted by atomic mass is 10.3. The van der Waals surface area contributed by atoms with E-state index in [2.05, 4.69) is 20.3 Å². The number of nitrogens with two attached hydrogens (primary N) is 1. The van der Waals surface area contributed by atoms with E-state index < -0.39 is 31.5 Å². The number of nitrogens with zero attached hydrogens (tertiary/aromatic N) is 5. The highest BCUT2D eigenvalue weighted by atomic mass is 32.2. The maximum absolute atomic E-state index is 12.1. The molecular weight excluding hydrogens is 532 g/mol. The van der Waals surface area contributed by atoms with Gasteiger partial charge in [-0.1, -0.05) is 11.3 Å². The zero-order valence-electron chi connectivity index (χ0n) is 18.9. The SMILES string of the molecule is COc1cc2sc(N=Nc3c(C)nn(-c4ccc(S(=O)(=O)CCO)cc4)c3N)nc2cc1S(=O)(=O)O. The number of hydrogen-bond acceptors (Lipinski definition) is 12. The van der Waals surface area contributed by atoms with Crippen LogP contribution in [-0.4, -0.2) is 60.7 Å². The van der Waals surface area contributed by atoms with Crippen LogP contribution in [0.4, 0.5) is 16.6 Å². The van der Waals surface area contributed by atoms with Gasteiger partial charge in [0.1, 0.15) is 10.6 Å². The van der Waals surface area contributed by atoms with Gasteiger partial charge in [-0.3, -0.25) is 4.55 Å². The van der Waals surface area contributed by atoms with Crippen LogP contribution in [0.15, 0.2) is 56.4 Å². The molecule has 0 aliphatic rings. The number of fused-ring (bicyclic) bond motifs is 1. The maximum atomic E-state index is 12.1. The van der Waals surface area contributed by atoms with E-state index in [0.29, 0.717) is 16.1 Å². The summed E-state index contributed by atoms with van der Waals surface area (Å²) in [7, 11) is -6.83. The fourth-order valence-electron chi connectivity index (χ4n) is 3.31. The fourth-order valence-corrected chi connectivity index (χ4v) is 5.79. The summed E-state index contributed by atoms with van der Waals surface area (Å²) in [5.41, 5.74) is 7.70. The van der Waals surface area contributed by atoms with Crippen LogP contribution in [0.3, 0.4) is 0 Å². The van der Waals surface area contributed by atoms with Gasteiger partial charge in [0.15, 0.2) is 21.3 Å². The molecule has 4 aromatic rings. The Balaban J connectivity index is 1.66. The minimum absolute atomic E-state index is 0.0336. The van der Waals surface area contributed by atoms with Crippen molar-refractivity contribution in [2.45, 2.75) is 16.7 Å². The number of azo groups is 1. The lowest BCUT2D eigenvalue weighted by Crippen LogP contribution is -2.10. The summed E-state index contributed by atoms with van der Waals surface area (Å²) < 4.78 is 63.8. The molecule has 36 heavy (non-hydrogen) atoms. The highest BCUT2D eigenvalue weighted by Gasteiger charge is 2.20. The fraction of sp³-hybridized carbons (Fsp3) is 0.200. The number of hydrogen-bond donors (Lipinski definition) is 3. The summed E-state index contributed by atoms with van der Waals surface area (Å²) in [6.07, 6.45) is 0. The van der Waals surface area contributed by atoms with Gasteiger partial charge in [-0.15, -0.1) is 10.2 Å². The molecular formula is C20H20N6O7S3. The zero-order valence-corrected chi connectivity index (χ0v) is 21.3. The molecule has 0 unspecified atom stereocenters. The Morgan fingerprint density at radius 2 is 1.83 bits per heavy atom.